The number of alkyl halides is 3. The first kappa shape index (κ1) is 14.6. The molecular weight excluding hydrogens is 273 g/mol. The van der Waals surface area contributed by atoms with Gasteiger partial charge in [0.2, 0.25) is 0 Å². The van der Waals surface area contributed by atoms with E-state index in [0.29, 0.717) is 5.56 Å². The summed E-state index contributed by atoms with van der Waals surface area (Å²) in [5, 5.41) is 0. The van der Waals surface area contributed by atoms with Crippen LogP contribution in [0.2, 0.25) is 0 Å². The van der Waals surface area contributed by atoms with Gasteiger partial charge in [0.25, 0.3) is 0 Å². The summed E-state index contributed by atoms with van der Waals surface area (Å²) in [5.41, 5.74) is 5.33. The zero-order valence-electron chi connectivity index (χ0n) is 10.9. The van der Waals surface area contributed by atoms with Crippen molar-refractivity contribution in [1.29, 1.82) is 0 Å². The average molecular weight is 288 g/mol. The molecule has 1 aromatic rings. The van der Waals surface area contributed by atoms with E-state index in [1.807, 2.05) is 0 Å². The van der Waals surface area contributed by atoms with E-state index in [4.69, 9.17) is 10.5 Å². The average Bonchev–Trinajstić information content (AvgIpc) is 2.64. The number of cyclic esters (lactones) is 1. The molecule has 0 radical (unpaired) electrons. The van der Waals surface area contributed by atoms with Crippen LogP contribution in [0.1, 0.15) is 11.1 Å². The van der Waals surface area contributed by atoms with Crippen molar-refractivity contribution in [3.05, 3.63) is 35.4 Å². The molecule has 2 unspecified atom stereocenters. The van der Waals surface area contributed by atoms with Crippen molar-refractivity contribution in [2.45, 2.75) is 24.7 Å². The van der Waals surface area contributed by atoms with Gasteiger partial charge in [0.05, 0.1) is 11.6 Å². The normalized spacial score (nSPS) is 23.1. The first-order valence-electron chi connectivity index (χ1n) is 6.12. The Kier molecular flexibility index (Phi) is 3.89. The Morgan fingerprint density at radius 3 is 2.70 bits per heavy atom. The van der Waals surface area contributed by atoms with E-state index >= 15 is 0 Å². The Hall–Kier alpha value is -1.76. The number of nitrogens with zero attached hydrogens (tertiary/aromatic N) is 1. The standard InChI is InChI=1S/C13H15F3N2O2/c1-18-10(7-17)11(20-12(18)19)6-8-3-2-4-9(5-8)13(14,15)16/h2-5,10-11H,6-7,17H2,1H3. The maximum atomic E-state index is 12.6. The summed E-state index contributed by atoms with van der Waals surface area (Å²) >= 11 is 0. The zero-order valence-corrected chi connectivity index (χ0v) is 10.9. The molecule has 1 saturated heterocycles. The minimum Gasteiger partial charge on any atom is -0.443 e. The molecule has 2 rings (SSSR count). The number of hydrogen-bond acceptors (Lipinski definition) is 3. The number of likely N-dealkylation sites (N-methyl/N-ethyl adjacent to an activating group) is 1. The largest absolute Gasteiger partial charge is 0.443 e. The lowest BCUT2D eigenvalue weighted by Gasteiger charge is -2.19. The van der Waals surface area contributed by atoms with Gasteiger partial charge < -0.3 is 15.4 Å². The molecule has 0 bridgehead atoms. The third kappa shape index (κ3) is 2.87. The SMILES string of the molecule is CN1C(=O)OC(Cc2cccc(C(F)(F)F)c2)C1CN. The number of benzene rings is 1. The number of nitrogens with two attached hydrogens (primary N) is 1. The van der Waals surface area contributed by atoms with Crippen LogP contribution in [0.25, 0.3) is 0 Å². The number of carbonyl (C=O) groups excluding carboxylic acids is 1. The first-order chi connectivity index (χ1) is 9.32. The lowest BCUT2D eigenvalue weighted by molar-refractivity contribution is -0.137. The maximum absolute atomic E-state index is 12.6. The van der Waals surface area contributed by atoms with Crippen molar-refractivity contribution in [1.82, 2.24) is 4.90 Å². The van der Waals surface area contributed by atoms with Gasteiger partial charge >= 0.3 is 12.3 Å². The summed E-state index contributed by atoms with van der Waals surface area (Å²) in [7, 11) is 1.56. The Labute approximate surface area is 114 Å². The molecule has 20 heavy (non-hydrogen) atoms. The molecule has 1 aliphatic rings. The van der Waals surface area contributed by atoms with Gasteiger partial charge in [-0.1, -0.05) is 18.2 Å². The van der Waals surface area contributed by atoms with Crippen LogP contribution in [0.15, 0.2) is 24.3 Å². The second kappa shape index (κ2) is 5.32. The summed E-state index contributed by atoms with van der Waals surface area (Å²) in [6, 6.07) is 4.68. The number of rotatable bonds is 3. The molecule has 2 N–H and O–H groups in total. The Balaban J connectivity index is 2.16. The van der Waals surface area contributed by atoms with Crippen molar-refractivity contribution in [2.24, 2.45) is 5.73 Å². The highest BCUT2D eigenvalue weighted by molar-refractivity contribution is 5.70. The fourth-order valence-corrected chi connectivity index (χ4v) is 2.27. The molecule has 7 heteroatoms. The zero-order chi connectivity index (χ0) is 14.9. The van der Waals surface area contributed by atoms with E-state index in [1.165, 1.54) is 11.0 Å². The molecule has 0 aliphatic carbocycles. The number of ether oxygens (including phenoxy) is 1. The highest BCUT2D eigenvalue weighted by Crippen LogP contribution is 2.30. The van der Waals surface area contributed by atoms with E-state index in [2.05, 4.69) is 0 Å². The topological polar surface area (TPSA) is 55.6 Å². The van der Waals surface area contributed by atoms with Crippen LogP contribution in [-0.2, 0) is 17.3 Å². The summed E-state index contributed by atoms with van der Waals surface area (Å²) in [4.78, 5) is 12.8. The van der Waals surface area contributed by atoms with Gasteiger partial charge in [-0.05, 0) is 11.6 Å². The number of carbonyl (C=O) groups is 1. The monoisotopic (exact) mass is 288 g/mol. The van der Waals surface area contributed by atoms with Crippen LogP contribution < -0.4 is 5.73 Å². The Morgan fingerprint density at radius 1 is 1.40 bits per heavy atom. The second-order valence-corrected chi connectivity index (χ2v) is 4.74. The smallest absolute Gasteiger partial charge is 0.416 e. The molecule has 1 heterocycles. The molecule has 1 aromatic carbocycles. The van der Waals surface area contributed by atoms with Gasteiger partial charge in [0.15, 0.2) is 0 Å². The molecule has 0 saturated carbocycles. The number of halogens is 3. The molecule has 1 fully saturated rings. The predicted molar refractivity (Wildman–Crippen MR) is 66.0 cm³/mol. The van der Waals surface area contributed by atoms with Crippen LogP contribution in [0, 0.1) is 0 Å². The van der Waals surface area contributed by atoms with Crippen LogP contribution >= 0.6 is 0 Å². The van der Waals surface area contributed by atoms with Crippen LogP contribution in [0.3, 0.4) is 0 Å². The van der Waals surface area contributed by atoms with Gasteiger partial charge in [-0.3, -0.25) is 0 Å². The number of amides is 1. The molecule has 4 nitrogen and oxygen atoms in total. The summed E-state index contributed by atoms with van der Waals surface area (Å²) in [6.07, 6.45) is -5.20. The van der Waals surface area contributed by atoms with Crippen molar-refractivity contribution >= 4 is 6.09 Å². The van der Waals surface area contributed by atoms with Crippen molar-refractivity contribution < 1.29 is 22.7 Å². The minimum absolute atomic E-state index is 0.200. The lowest BCUT2D eigenvalue weighted by atomic mass is 10.0. The molecule has 0 aromatic heterocycles. The van der Waals surface area contributed by atoms with Crippen LogP contribution in [0.4, 0.5) is 18.0 Å². The van der Waals surface area contributed by atoms with E-state index < -0.39 is 23.9 Å². The predicted octanol–water partition coefficient (Wildman–Crippen LogP) is 2.03. The first-order valence-corrected chi connectivity index (χ1v) is 6.12. The van der Waals surface area contributed by atoms with Gasteiger partial charge in [0.1, 0.15) is 6.10 Å². The third-order valence-electron chi connectivity index (χ3n) is 3.40. The van der Waals surface area contributed by atoms with Gasteiger partial charge in [0, 0.05) is 20.0 Å². The summed E-state index contributed by atoms with van der Waals surface area (Å²) in [6.45, 7) is 0.200. The van der Waals surface area contributed by atoms with Gasteiger partial charge in [-0.2, -0.15) is 13.2 Å². The van der Waals surface area contributed by atoms with Crippen LogP contribution in [-0.4, -0.2) is 36.7 Å². The Morgan fingerprint density at radius 2 is 2.10 bits per heavy atom. The second-order valence-electron chi connectivity index (χ2n) is 4.74. The lowest BCUT2D eigenvalue weighted by Crippen LogP contribution is -2.40. The summed E-state index contributed by atoms with van der Waals surface area (Å²) in [5.74, 6) is 0. The third-order valence-corrected chi connectivity index (χ3v) is 3.40. The fraction of sp³-hybridized carbons (Fsp3) is 0.462. The van der Waals surface area contributed by atoms with E-state index in [1.54, 1.807) is 13.1 Å². The number of hydrogen-bond donors (Lipinski definition) is 1. The van der Waals surface area contributed by atoms with Crippen LogP contribution in [0.5, 0.6) is 0 Å². The maximum Gasteiger partial charge on any atom is 0.416 e. The minimum atomic E-state index is -4.38. The quantitative estimate of drug-likeness (QED) is 0.926. The van der Waals surface area contributed by atoms with E-state index in [0.717, 1.165) is 12.1 Å². The van der Waals surface area contributed by atoms with Crippen molar-refractivity contribution in [2.75, 3.05) is 13.6 Å². The van der Waals surface area contributed by atoms with E-state index in [-0.39, 0.29) is 19.0 Å². The van der Waals surface area contributed by atoms with Crippen molar-refractivity contribution in [3.8, 4) is 0 Å². The molecular formula is C13H15F3N2O2. The molecule has 1 aliphatic heterocycles. The summed E-state index contributed by atoms with van der Waals surface area (Å²) < 4.78 is 43.0. The molecule has 0 spiro atoms. The highest BCUT2D eigenvalue weighted by atomic mass is 19.4. The molecule has 2 atom stereocenters. The van der Waals surface area contributed by atoms with E-state index in [9.17, 15) is 18.0 Å². The van der Waals surface area contributed by atoms with Crippen molar-refractivity contribution in [3.63, 3.8) is 0 Å². The Bertz CT molecular complexity index is 505. The highest BCUT2D eigenvalue weighted by Gasteiger charge is 2.38. The van der Waals surface area contributed by atoms with Gasteiger partial charge in [-0.25, -0.2) is 4.79 Å². The molecule has 110 valence electrons. The molecule has 1 amide bonds. The fourth-order valence-electron chi connectivity index (χ4n) is 2.27. The van der Waals surface area contributed by atoms with Gasteiger partial charge in [-0.15, -0.1) is 0 Å².